The van der Waals surface area contributed by atoms with Crippen LogP contribution in [0.3, 0.4) is 0 Å². The molecule has 0 aromatic heterocycles. The van der Waals surface area contributed by atoms with Gasteiger partial charge < -0.3 is 0 Å². The van der Waals surface area contributed by atoms with Gasteiger partial charge in [-0.05, 0) is 5.92 Å². The summed E-state index contributed by atoms with van der Waals surface area (Å²) in [4.78, 5) is 0. The molecule has 0 saturated carbocycles. The molecule has 1 atom stereocenters. The summed E-state index contributed by atoms with van der Waals surface area (Å²) in [5.41, 5.74) is 0. The Morgan fingerprint density at radius 2 is 1.91 bits per heavy atom. The van der Waals surface area contributed by atoms with Crippen LogP contribution in [0.5, 0.6) is 0 Å². The molecule has 0 aromatic carbocycles. The van der Waals surface area contributed by atoms with Crippen molar-refractivity contribution in [3.63, 3.8) is 0 Å². The van der Waals surface area contributed by atoms with Gasteiger partial charge in [0, 0.05) is 13.6 Å². The van der Waals surface area contributed by atoms with Gasteiger partial charge in [-0.3, -0.25) is 0 Å². The van der Waals surface area contributed by atoms with Gasteiger partial charge in [0.25, 0.3) is 0 Å². The van der Waals surface area contributed by atoms with Crippen LogP contribution in [0.2, 0.25) is 0 Å². The summed E-state index contributed by atoms with van der Waals surface area (Å²) in [6.45, 7) is 4.72. The van der Waals surface area contributed by atoms with Crippen LogP contribution >= 0.6 is 0 Å². The number of sulfonamides is 1. The van der Waals surface area contributed by atoms with Gasteiger partial charge in [-0.15, -0.1) is 0 Å². The molecule has 0 aromatic rings. The molecule has 4 heteroatoms. The second kappa shape index (κ2) is 4.07. The maximum Gasteiger partial charge on any atom is 0.210 e. The van der Waals surface area contributed by atoms with Crippen LogP contribution in [0, 0.1) is 5.92 Å². The van der Waals surface area contributed by atoms with Gasteiger partial charge in [-0.1, -0.05) is 20.3 Å². The van der Waals surface area contributed by atoms with Crippen molar-refractivity contribution in [2.45, 2.75) is 20.3 Å². The predicted octanol–water partition coefficient (Wildman–Crippen LogP) is 0.924. The fourth-order valence-corrected chi connectivity index (χ4v) is 1.23. The molecule has 3 nitrogen and oxygen atoms in total. The smallest absolute Gasteiger partial charge is 0.210 e. The van der Waals surface area contributed by atoms with E-state index in [0.717, 1.165) is 6.42 Å². The minimum atomic E-state index is -2.97. The number of rotatable bonds is 4. The highest BCUT2D eigenvalue weighted by molar-refractivity contribution is 7.88. The molecule has 0 N–H and O–H groups in total. The highest BCUT2D eigenvalue weighted by atomic mass is 32.2. The van der Waals surface area contributed by atoms with Gasteiger partial charge in [0.05, 0.1) is 6.26 Å². The Bertz CT molecular complexity index is 198. The molecule has 0 spiro atoms. The number of hydrogen-bond donors (Lipinski definition) is 0. The van der Waals surface area contributed by atoms with E-state index in [4.69, 9.17) is 0 Å². The molecule has 0 aliphatic heterocycles. The van der Waals surface area contributed by atoms with Crippen molar-refractivity contribution in [1.29, 1.82) is 0 Å². The van der Waals surface area contributed by atoms with Gasteiger partial charge in [0.15, 0.2) is 0 Å². The SMILES string of the molecule is CCC(C)CN(C)S(C)(=O)=O. The van der Waals surface area contributed by atoms with Gasteiger partial charge >= 0.3 is 0 Å². The maximum absolute atomic E-state index is 10.9. The Kier molecular flexibility index (Phi) is 4.03. The van der Waals surface area contributed by atoms with Crippen molar-refractivity contribution in [2.24, 2.45) is 5.92 Å². The third-order valence-electron chi connectivity index (χ3n) is 1.83. The van der Waals surface area contributed by atoms with E-state index in [0.29, 0.717) is 12.5 Å². The molecular formula is C7H17NO2S. The van der Waals surface area contributed by atoms with E-state index in [1.807, 2.05) is 6.92 Å². The Balaban J connectivity index is 3.98. The molecule has 0 rings (SSSR count). The topological polar surface area (TPSA) is 37.4 Å². The second-order valence-corrected chi connectivity index (χ2v) is 5.15. The van der Waals surface area contributed by atoms with Crippen LogP contribution in [0.15, 0.2) is 0 Å². The zero-order valence-corrected chi connectivity index (χ0v) is 8.48. The molecular weight excluding hydrogens is 162 g/mol. The molecule has 1 unspecified atom stereocenters. The van der Waals surface area contributed by atoms with Crippen molar-refractivity contribution in [2.75, 3.05) is 19.8 Å². The van der Waals surface area contributed by atoms with Gasteiger partial charge in [0.2, 0.25) is 10.0 Å². The van der Waals surface area contributed by atoms with Crippen molar-refractivity contribution in [3.05, 3.63) is 0 Å². The van der Waals surface area contributed by atoms with Crippen molar-refractivity contribution in [1.82, 2.24) is 4.31 Å². The van der Waals surface area contributed by atoms with Gasteiger partial charge in [-0.2, -0.15) is 0 Å². The third kappa shape index (κ3) is 4.37. The second-order valence-electron chi connectivity index (χ2n) is 3.06. The lowest BCUT2D eigenvalue weighted by molar-refractivity contribution is 0.396. The molecule has 0 heterocycles. The molecule has 68 valence electrons. The van der Waals surface area contributed by atoms with Gasteiger partial charge in [0.1, 0.15) is 0 Å². The summed E-state index contributed by atoms with van der Waals surface area (Å²) >= 11 is 0. The van der Waals surface area contributed by atoms with Crippen molar-refractivity contribution in [3.8, 4) is 0 Å². The Hall–Kier alpha value is -0.0900. The van der Waals surface area contributed by atoms with Crippen LogP contribution in [-0.2, 0) is 10.0 Å². The highest BCUT2D eigenvalue weighted by Crippen LogP contribution is 2.04. The number of nitrogens with zero attached hydrogens (tertiary/aromatic N) is 1. The first-order valence-electron chi connectivity index (χ1n) is 3.79. The average Bonchev–Trinajstić information content (AvgIpc) is 1.85. The lowest BCUT2D eigenvalue weighted by atomic mass is 10.1. The third-order valence-corrected chi connectivity index (χ3v) is 3.11. The maximum atomic E-state index is 10.9. The van der Waals surface area contributed by atoms with Crippen molar-refractivity contribution < 1.29 is 8.42 Å². The Labute approximate surface area is 69.4 Å². The summed E-state index contributed by atoms with van der Waals surface area (Å²) in [5, 5.41) is 0. The largest absolute Gasteiger partial charge is 0.213 e. The molecule has 0 saturated heterocycles. The van der Waals surface area contributed by atoms with E-state index in [1.54, 1.807) is 7.05 Å². The first kappa shape index (κ1) is 10.9. The molecule has 0 aliphatic rings. The lowest BCUT2D eigenvalue weighted by Crippen LogP contribution is -2.29. The molecule has 11 heavy (non-hydrogen) atoms. The summed E-state index contributed by atoms with van der Waals surface area (Å²) in [6.07, 6.45) is 2.25. The van der Waals surface area contributed by atoms with E-state index < -0.39 is 10.0 Å². The highest BCUT2D eigenvalue weighted by Gasteiger charge is 2.12. The van der Waals surface area contributed by atoms with E-state index in [9.17, 15) is 8.42 Å². The van der Waals surface area contributed by atoms with Crippen LogP contribution in [-0.4, -0.2) is 32.6 Å². The van der Waals surface area contributed by atoms with Crippen LogP contribution in [0.25, 0.3) is 0 Å². The van der Waals surface area contributed by atoms with E-state index in [2.05, 4.69) is 6.92 Å². The normalized spacial score (nSPS) is 15.4. The van der Waals surface area contributed by atoms with E-state index in [1.165, 1.54) is 10.6 Å². The quantitative estimate of drug-likeness (QED) is 0.643. The summed E-state index contributed by atoms with van der Waals surface area (Å²) in [5.74, 6) is 0.440. The predicted molar refractivity (Wildman–Crippen MR) is 46.9 cm³/mol. The lowest BCUT2D eigenvalue weighted by Gasteiger charge is -2.17. The molecule has 0 aliphatic carbocycles. The molecule has 0 fully saturated rings. The summed E-state index contributed by atoms with van der Waals surface area (Å²) < 4.78 is 23.2. The Morgan fingerprint density at radius 3 is 2.18 bits per heavy atom. The van der Waals surface area contributed by atoms with E-state index >= 15 is 0 Å². The zero-order chi connectivity index (χ0) is 9.07. The van der Waals surface area contributed by atoms with Crippen LogP contribution in [0.1, 0.15) is 20.3 Å². The summed E-state index contributed by atoms with van der Waals surface area (Å²) in [6, 6.07) is 0. The zero-order valence-electron chi connectivity index (χ0n) is 7.66. The minimum Gasteiger partial charge on any atom is -0.213 e. The summed E-state index contributed by atoms with van der Waals surface area (Å²) in [7, 11) is -1.36. The fourth-order valence-electron chi connectivity index (χ4n) is 0.703. The van der Waals surface area contributed by atoms with Crippen LogP contribution in [0.4, 0.5) is 0 Å². The van der Waals surface area contributed by atoms with Gasteiger partial charge in [-0.25, -0.2) is 12.7 Å². The Morgan fingerprint density at radius 1 is 1.45 bits per heavy atom. The molecule has 0 bridgehead atoms. The fraction of sp³-hybridized carbons (Fsp3) is 1.00. The minimum absolute atomic E-state index is 0.440. The average molecular weight is 179 g/mol. The van der Waals surface area contributed by atoms with Crippen molar-refractivity contribution >= 4 is 10.0 Å². The number of hydrogen-bond acceptors (Lipinski definition) is 2. The standard InChI is InChI=1S/C7H17NO2S/c1-5-7(2)6-8(3)11(4,9)10/h7H,5-6H2,1-4H3. The molecule has 0 amide bonds. The van der Waals surface area contributed by atoms with Crippen LogP contribution < -0.4 is 0 Å². The monoisotopic (exact) mass is 179 g/mol. The van der Waals surface area contributed by atoms with E-state index in [-0.39, 0.29) is 0 Å². The molecule has 0 radical (unpaired) electrons. The first-order chi connectivity index (χ1) is 4.88. The first-order valence-corrected chi connectivity index (χ1v) is 5.64.